The second-order valence-electron chi connectivity index (χ2n) is 4.52. The van der Waals surface area contributed by atoms with Crippen LogP contribution >= 0.6 is 11.6 Å². The second-order valence-corrected chi connectivity index (χ2v) is 4.90. The fourth-order valence-corrected chi connectivity index (χ4v) is 2.38. The van der Waals surface area contributed by atoms with E-state index in [1.54, 1.807) is 7.11 Å². The summed E-state index contributed by atoms with van der Waals surface area (Å²) in [7, 11) is 1.74. The number of hydrogen-bond donors (Lipinski definition) is 0. The molecule has 0 saturated heterocycles. The Labute approximate surface area is 118 Å². The lowest BCUT2D eigenvalue weighted by Crippen LogP contribution is -2.06. The molecule has 5 heteroatoms. The summed E-state index contributed by atoms with van der Waals surface area (Å²) in [5.41, 5.74) is 1.92. The van der Waals surface area contributed by atoms with Crippen LogP contribution in [-0.2, 0) is 17.7 Å². The lowest BCUT2D eigenvalue weighted by atomic mass is 10.2. The molecule has 0 aliphatic carbocycles. The third-order valence-electron chi connectivity index (χ3n) is 3.13. The third kappa shape index (κ3) is 3.67. The van der Waals surface area contributed by atoms with Gasteiger partial charge in [-0.15, -0.1) is 11.6 Å². The molecular weight excluding hydrogens is 262 g/mol. The Morgan fingerprint density at radius 3 is 3.00 bits per heavy atom. The normalized spacial score (nSPS) is 11.3. The van der Waals surface area contributed by atoms with E-state index in [0.717, 1.165) is 55.8 Å². The van der Waals surface area contributed by atoms with Crippen LogP contribution in [0.5, 0.6) is 0 Å². The number of aryl methyl sites for hydroxylation is 2. The van der Waals surface area contributed by atoms with Gasteiger partial charge >= 0.3 is 0 Å². The molecule has 0 unspecified atom stereocenters. The Bertz CT molecular complexity index is 512. The van der Waals surface area contributed by atoms with Crippen LogP contribution in [0.3, 0.4) is 0 Å². The quantitative estimate of drug-likeness (QED) is 0.551. The van der Waals surface area contributed by atoms with Gasteiger partial charge in [-0.25, -0.2) is 9.97 Å². The summed E-state index contributed by atoms with van der Waals surface area (Å²) in [5.74, 6) is 1.63. The van der Waals surface area contributed by atoms with Crippen molar-refractivity contribution in [2.75, 3.05) is 19.6 Å². The molecule has 0 aliphatic rings. The highest BCUT2D eigenvalue weighted by molar-refractivity contribution is 6.17. The summed E-state index contributed by atoms with van der Waals surface area (Å²) in [6.45, 7) is 1.78. The van der Waals surface area contributed by atoms with E-state index in [1.807, 2.05) is 18.3 Å². The highest BCUT2D eigenvalue weighted by Crippen LogP contribution is 2.15. The predicted octanol–water partition coefficient (Wildman–Crippen LogP) is 3.03. The number of unbranched alkanes of at least 4 members (excludes halogenated alkanes) is 2. The molecular formula is C14H20ClN3O. The van der Waals surface area contributed by atoms with Gasteiger partial charge in [0.15, 0.2) is 5.65 Å². The zero-order valence-electron chi connectivity index (χ0n) is 11.3. The van der Waals surface area contributed by atoms with Gasteiger partial charge in [0.1, 0.15) is 11.3 Å². The fraction of sp³-hybridized carbons (Fsp3) is 0.571. The molecule has 0 N–H and O–H groups in total. The average Bonchev–Trinajstić information content (AvgIpc) is 2.77. The van der Waals surface area contributed by atoms with E-state index in [1.165, 1.54) is 0 Å². The van der Waals surface area contributed by atoms with Crippen molar-refractivity contribution in [2.45, 2.75) is 32.2 Å². The molecule has 2 rings (SSSR count). The van der Waals surface area contributed by atoms with E-state index in [9.17, 15) is 0 Å². The SMILES string of the molecule is COCCCCCn1c(CCCl)nc2cccnc21. The van der Waals surface area contributed by atoms with Crippen LogP contribution in [0.15, 0.2) is 18.3 Å². The summed E-state index contributed by atoms with van der Waals surface area (Å²) in [4.78, 5) is 9.04. The van der Waals surface area contributed by atoms with E-state index >= 15 is 0 Å². The van der Waals surface area contributed by atoms with Crippen molar-refractivity contribution >= 4 is 22.8 Å². The van der Waals surface area contributed by atoms with Crippen LogP contribution in [0.1, 0.15) is 25.1 Å². The molecule has 0 saturated carbocycles. The number of hydrogen-bond acceptors (Lipinski definition) is 3. The van der Waals surface area contributed by atoms with Gasteiger partial charge in [0.2, 0.25) is 0 Å². The Kier molecular flexibility index (Phi) is 5.61. The van der Waals surface area contributed by atoms with Gasteiger partial charge in [0.25, 0.3) is 0 Å². The van der Waals surface area contributed by atoms with Crippen molar-refractivity contribution < 1.29 is 4.74 Å². The number of rotatable bonds is 8. The Hall–Kier alpha value is -1.13. The van der Waals surface area contributed by atoms with E-state index < -0.39 is 0 Å². The Morgan fingerprint density at radius 2 is 2.21 bits per heavy atom. The molecule has 104 valence electrons. The van der Waals surface area contributed by atoms with E-state index in [4.69, 9.17) is 16.3 Å². The molecule has 4 nitrogen and oxygen atoms in total. The smallest absolute Gasteiger partial charge is 0.159 e. The van der Waals surface area contributed by atoms with Gasteiger partial charge in [0.05, 0.1) is 0 Å². The molecule has 0 amide bonds. The van der Waals surface area contributed by atoms with Crippen LogP contribution in [0, 0.1) is 0 Å². The van der Waals surface area contributed by atoms with Crippen molar-refractivity contribution in [3.63, 3.8) is 0 Å². The number of aromatic nitrogens is 3. The second kappa shape index (κ2) is 7.46. The van der Waals surface area contributed by atoms with E-state index in [-0.39, 0.29) is 0 Å². The number of ether oxygens (including phenoxy) is 1. The van der Waals surface area contributed by atoms with Crippen molar-refractivity contribution in [3.05, 3.63) is 24.2 Å². The lowest BCUT2D eigenvalue weighted by Gasteiger charge is -2.07. The minimum atomic E-state index is 0.590. The number of fused-ring (bicyclic) bond motifs is 1. The summed E-state index contributed by atoms with van der Waals surface area (Å²) < 4.78 is 7.26. The fourth-order valence-electron chi connectivity index (χ4n) is 2.21. The van der Waals surface area contributed by atoms with Crippen molar-refractivity contribution in [2.24, 2.45) is 0 Å². The third-order valence-corrected chi connectivity index (χ3v) is 3.32. The molecule has 0 spiro atoms. The summed E-state index contributed by atoms with van der Waals surface area (Å²) >= 11 is 5.85. The van der Waals surface area contributed by atoms with Gasteiger partial charge in [0, 0.05) is 38.8 Å². The van der Waals surface area contributed by atoms with Crippen LogP contribution < -0.4 is 0 Å². The van der Waals surface area contributed by atoms with Crippen molar-refractivity contribution in [1.29, 1.82) is 0 Å². The summed E-state index contributed by atoms with van der Waals surface area (Å²) in [6.07, 6.45) is 5.97. The van der Waals surface area contributed by atoms with Crippen LogP contribution in [-0.4, -0.2) is 34.1 Å². The van der Waals surface area contributed by atoms with Crippen molar-refractivity contribution in [3.8, 4) is 0 Å². The highest BCUT2D eigenvalue weighted by atomic mass is 35.5. The number of methoxy groups -OCH3 is 1. The zero-order chi connectivity index (χ0) is 13.5. The first-order chi connectivity index (χ1) is 9.36. The van der Waals surface area contributed by atoms with Gasteiger partial charge < -0.3 is 9.30 Å². The summed E-state index contributed by atoms with van der Waals surface area (Å²) in [6, 6.07) is 3.92. The molecule has 2 aromatic rings. The first-order valence-corrected chi connectivity index (χ1v) is 7.25. The van der Waals surface area contributed by atoms with E-state index in [0.29, 0.717) is 5.88 Å². The minimum Gasteiger partial charge on any atom is -0.385 e. The topological polar surface area (TPSA) is 39.9 Å². The maximum atomic E-state index is 5.85. The van der Waals surface area contributed by atoms with Gasteiger partial charge in [-0.2, -0.15) is 0 Å². The molecule has 0 fully saturated rings. The predicted molar refractivity (Wildman–Crippen MR) is 77.7 cm³/mol. The van der Waals surface area contributed by atoms with E-state index in [2.05, 4.69) is 14.5 Å². The monoisotopic (exact) mass is 281 g/mol. The van der Waals surface area contributed by atoms with Crippen LogP contribution in [0.25, 0.3) is 11.2 Å². The summed E-state index contributed by atoms with van der Waals surface area (Å²) in [5, 5.41) is 0. The Morgan fingerprint density at radius 1 is 1.32 bits per heavy atom. The molecule has 0 radical (unpaired) electrons. The van der Waals surface area contributed by atoms with Gasteiger partial charge in [-0.1, -0.05) is 0 Å². The maximum Gasteiger partial charge on any atom is 0.159 e. The van der Waals surface area contributed by atoms with Crippen molar-refractivity contribution in [1.82, 2.24) is 14.5 Å². The van der Waals surface area contributed by atoms with Gasteiger partial charge in [-0.05, 0) is 31.4 Å². The molecule has 2 heterocycles. The first-order valence-electron chi connectivity index (χ1n) is 6.72. The van der Waals surface area contributed by atoms with Crippen LogP contribution in [0.4, 0.5) is 0 Å². The molecule has 2 aromatic heterocycles. The number of pyridine rings is 1. The molecule has 0 bridgehead atoms. The number of nitrogens with zero attached hydrogens (tertiary/aromatic N) is 3. The highest BCUT2D eigenvalue weighted by Gasteiger charge is 2.10. The number of imidazole rings is 1. The maximum absolute atomic E-state index is 5.85. The standard InChI is InChI=1S/C14H20ClN3O/c1-19-11-4-2-3-10-18-13(7-8-15)17-12-6-5-9-16-14(12)18/h5-6,9H,2-4,7-8,10-11H2,1H3. The number of alkyl halides is 1. The number of halogens is 1. The molecule has 19 heavy (non-hydrogen) atoms. The zero-order valence-corrected chi connectivity index (χ0v) is 12.1. The van der Waals surface area contributed by atoms with Gasteiger partial charge in [-0.3, -0.25) is 0 Å². The molecule has 0 aliphatic heterocycles. The first kappa shape index (κ1) is 14.3. The minimum absolute atomic E-state index is 0.590. The lowest BCUT2D eigenvalue weighted by molar-refractivity contribution is 0.191. The largest absolute Gasteiger partial charge is 0.385 e. The molecule has 0 atom stereocenters. The average molecular weight is 282 g/mol. The molecule has 0 aromatic carbocycles. The van der Waals surface area contributed by atoms with Crippen LogP contribution in [0.2, 0.25) is 0 Å². The Balaban J connectivity index is 2.08.